The summed E-state index contributed by atoms with van der Waals surface area (Å²) >= 11 is 0. The Morgan fingerprint density at radius 2 is 1.57 bits per heavy atom. The molecular weight excluding hydrogens is 452 g/mol. The first-order valence-electron chi connectivity index (χ1n) is 12.9. The Labute approximate surface area is 214 Å². The number of H-pyrrole nitrogens is 1. The summed E-state index contributed by atoms with van der Waals surface area (Å²) in [5.41, 5.74) is 7.99. The van der Waals surface area contributed by atoms with Crippen LogP contribution in [0.4, 0.5) is 11.4 Å². The molecule has 0 spiro atoms. The topological polar surface area (TPSA) is 28.3 Å². The van der Waals surface area contributed by atoms with Gasteiger partial charge in [0.25, 0.3) is 0 Å². The summed E-state index contributed by atoms with van der Waals surface area (Å²) in [6, 6.07) is 34.5. The van der Waals surface area contributed by atoms with Crippen molar-refractivity contribution < 1.29 is 4.74 Å². The highest BCUT2D eigenvalue weighted by atomic mass is 16.5. The second kappa shape index (κ2) is 7.87. The zero-order chi connectivity index (χ0) is 24.3. The summed E-state index contributed by atoms with van der Waals surface area (Å²) in [4.78, 5) is 6.08. The number of nitrogens with one attached hydrogen (secondary N) is 1. The molecule has 0 saturated heterocycles. The number of fused-ring (bicyclic) bond motifs is 7. The van der Waals surface area contributed by atoms with Crippen molar-refractivity contribution in [3.05, 3.63) is 121 Å². The van der Waals surface area contributed by atoms with E-state index in [-0.39, 0.29) is 0 Å². The molecule has 0 amide bonds. The van der Waals surface area contributed by atoms with E-state index in [0.29, 0.717) is 0 Å². The van der Waals surface area contributed by atoms with Crippen LogP contribution in [0.15, 0.2) is 121 Å². The predicted molar refractivity (Wildman–Crippen MR) is 154 cm³/mol. The molecule has 2 heterocycles. The van der Waals surface area contributed by atoms with Gasteiger partial charge in [-0.05, 0) is 65.6 Å². The van der Waals surface area contributed by atoms with E-state index < -0.39 is 0 Å². The van der Waals surface area contributed by atoms with Gasteiger partial charge in [0.1, 0.15) is 0 Å². The SMILES string of the molecule is C1=CC(N2c3ccccc3Oc3ccc(-c4cccc5c4[nH]c4ccc6ccccc6c45)cc32)=CCC1. The van der Waals surface area contributed by atoms with E-state index >= 15 is 0 Å². The molecule has 0 atom stereocenters. The van der Waals surface area contributed by atoms with Gasteiger partial charge in [-0.25, -0.2) is 0 Å². The number of nitrogens with zero attached hydrogens (tertiary/aromatic N) is 1. The highest BCUT2D eigenvalue weighted by Crippen LogP contribution is 2.50. The Balaban J connectivity index is 1.35. The molecule has 1 aliphatic carbocycles. The lowest BCUT2D eigenvalue weighted by atomic mass is 9.98. The minimum atomic E-state index is 0.872. The van der Waals surface area contributed by atoms with Crippen LogP contribution in [-0.2, 0) is 0 Å². The van der Waals surface area contributed by atoms with Crippen LogP contribution < -0.4 is 9.64 Å². The number of hydrogen-bond donors (Lipinski definition) is 1. The second-order valence-electron chi connectivity index (χ2n) is 9.76. The van der Waals surface area contributed by atoms with Gasteiger partial charge in [-0.1, -0.05) is 78.9 Å². The Kier molecular flexibility index (Phi) is 4.35. The van der Waals surface area contributed by atoms with Crippen molar-refractivity contribution in [1.82, 2.24) is 4.98 Å². The number of allylic oxidation sites excluding steroid dienone is 3. The number of hydrogen-bond acceptors (Lipinski definition) is 2. The molecule has 1 N–H and O–H groups in total. The number of rotatable bonds is 2. The standard InChI is InChI=1S/C34H24N2O/c1-2-10-24(11-3-1)36-29-15-6-7-16-31(29)37-32-20-18-23(21-30(32)36)26-13-8-14-27-33-25-12-5-4-9-22(25)17-19-28(33)35-34(26)27/h2,4-21,35H,1,3H2. The summed E-state index contributed by atoms with van der Waals surface area (Å²) < 4.78 is 6.37. The molecule has 176 valence electrons. The van der Waals surface area contributed by atoms with Crippen LogP contribution in [0.1, 0.15) is 12.8 Å². The lowest BCUT2D eigenvalue weighted by Crippen LogP contribution is -2.20. The van der Waals surface area contributed by atoms with Crippen LogP contribution in [-0.4, -0.2) is 4.98 Å². The molecule has 0 bridgehead atoms. The van der Waals surface area contributed by atoms with Crippen molar-refractivity contribution in [2.24, 2.45) is 0 Å². The molecule has 0 fully saturated rings. The summed E-state index contributed by atoms with van der Waals surface area (Å²) in [6.45, 7) is 0. The minimum absolute atomic E-state index is 0.872. The highest BCUT2D eigenvalue weighted by molar-refractivity contribution is 6.22. The molecule has 8 rings (SSSR count). The maximum atomic E-state index is 6.37. The normalized spacial score (nSPS) is 14.5. The molecule has 3 heteroatoms. The number of aromatic nitrogens is 1. The van der Waals surface area contributed by atoms with E-state index in [1.807, 2.05) is 12.1 Å². The molecule has 5 aromatic carbocycles. The van der Waals surface area contributed by atoms with Crippen molar-refractivity contribution >= 4 is 44.0 Å². The van der Waals surface area contributed by atoms with Crippen molar-refractivity contribution in [2.75, 3.05) is 4.90 Å². The third kappa shape index (κ3) is 3.07. The quantitative estimate of drug-likeness (QED) is 0.269. The first kappa shape index (κ1) is 20.4. The first-order chi connectivity index (χ1) is 18.3. The van der Waals surface area contributed by atoms with Crippen molar-refractivity contribution in [2.45, 2.75) is 12.8 Å². The summed E-state index contributed by atoms with van der Waals surface area (Å²) in [5.74, 6) is 1.75. The third-order valence-corrected chi connectivity index (χ3v) is 7.59. The van der Waals surface area contributed by atoms with Crippen LogP contribution in [0.5, 0.6) is 11.5 Å². The van der Waals surface area contributed by atoms with E-state index in [0.717, 1.165) is 52.3 Å². The maximum absolute atomic E-state index is 6.37. The molecule has 0 unspecified atom stereocenters. The van der Waals surface area contributed by atoms with Crippen LogP contribution in [0.2, 0.25) is 0 Å². The molecule has 1 aromatic heterocycles. The van der Waals surface area contributed by atoms with Gasteiger partial charge in [-0.15, -0.1) is 0 Å². The number of aromatic amines is 1. The smallest absolute Gasteiger partial charge is 0.151 e. The van der Waals surface area contributed by atoms with Gasteiger partial charge in [-0.2, -0.15) is 0 Å². The number of benzene rings is 5. The van der Waals surface area contributed by atoms with Crippen LogP contribution in [0.25, 0.3) is 43.7 Å². The van der Waals surface area contributed by atoms with Gasteiger partial charge in [0.2, 0.25) is 0 Å². The first-order valence-corrected chi connectivity index (χ1v) is 12.9. The molecule has 6 aromatic rings. The molecule has 0 saturated carbocycles. The third-order valence-electron chi connectivity index (χ3n) is 7.59. The molecule has 1 aliphatic heterocycles. The fourth-order valence-electron chi connectivity index (χ4n) is 5.90. The van der Waals surface area contributed by atoms with Crippen molar-refractivity contribution in [3.63, 3.8) is 0 Å². The lowest BCUT2D eigenvalue weighted by Gasteiger charge is -2.34. The van der Waals surface area contributed by atoms with Gasteiger partial charge < -0.3 is 14.6 Å². The number of para-hydroxylation sites is 3. The monoisotopic (exact) mass is 476 g/mol. The van der Waals surface area contributed by atoms with Crippen LogP contribution in [0.3, 0.4) is 0 Å². The molecule has 37 heavy (non-hydrogen) atoms. The van der Waals surface area contributed by atoms with Gasteiger partial charge in [0.15, 0.2) is 11.5 Å². The summed E-state index contributed by atoms with van der Waals surface area (Å²) in [5, 5.41) is 5.07. The van der Waals surface area contributed by atoms with Gasteiger partial charge >= 0.3 is 0 Å². The zero-order valence-corrected chi connectivity index (χ0v) is 20.2. The van der Waals surface area contributed by atoms with Gasteiger partial charge in [0.05, 0.1) is 16.9 Å². The zero-order valence-electron chi connectivity index (χ0n) is 20.2. The van der Waals surface area contributed by atoms with Gasteiger partial charge in [0, 0.05) is 27.5 Å². The molecular formula is C34H24N2O. The average Bonchev–Trinajstić information content (AvgIpc) is 3.35. The van der Waals surface area contributed by atoms with Crippen molar-refractivity contribution in [1.29, 1.82) is 0 Å². The van der Waals surface area contributed by atoms with E-state index in [9.17, 15) is 0 Å². The molecule has 0 radical (unpaired) electrons. The van der Waals surface area contributed by atoms with Crippen LogP contribution in [0, 0.1) is 0 Å². The van der Waals surface area contributed by atoms with E-state index in [1.165, 1.54) is 32.8 Å². The maximum Gasteiger partial charge on any atom is 0.151 e. The van der Waals surface area contributed by atoms with Gasteiger partial charge in [-0.3, -0.25) is 0 Å². The highest BCUT2D eigenvalue weighted by Gasteiger charge is 2.27. The van der Waals surface area contributed by atoms with E-state index in [4.69, 9.17) is 4.74 Å². The number of ether oxygens (including phenoxy) is 1. The summed E-state index contributed by atoms with van der Waals surface area (Å²) in [6.07, 6.45) is 8.93. The summed E-state index contributed by atoms with van der Waals surface area (Å²) in [7, 11) is 0. The fraction of sp³-hybridized carbons (Fsp3) is 0.0588. The second-order valence-corrected chi connectivity index (χ2v) is 9.76. The predicted octanol–water partition coefficient (Wildman–Crippen LogP) is 9.62. The Bertz CT molecular complexity index is 1920. The largest absolute Gasteiger partial charge is 0.453 e. The fourth-order valence-corrected chi connectivity index (χ4v) is 5.90. The average molecular weight is 477 g/mol. The molecule has 2 aliphatic rings. The van der Waals surface area contributed by atoms with Crippen LogP contribution >= 0.6 is 0 Å². The van der Waals surface area contributed by atoms with Crippen molar-refractivity contribution in [3.8, 4) is 22.6 Å². The van der Waals surface area contributed by atoms with E-state index in [1.54, 1.807) is 0 Å². The Hall–Kier alpha value is -4.76. The minimum Gasteiger partial charge on any atom is -0.453 e. The van der Waals surface area contributed by atoms with E-state index in [2.05, 4.69) is 113 Å². The molecule has 3 nitrogen and oxygen atoms in total. The Morgan fingerprint density at radius 1 is 0.703 bits per heavy atom. The Morgan fingerprint density at radius 3 is 2.51 bits per heavy atom. The number of anilines is 2. The lowest BCUT2D eigenvalue weighted by molar-refractivity contribution is 0.476.